The van der Waals surface area contributed by atoms with E-state index in [1.54, 1.807) is 66.7 Å². The lowest BCUT2D eigenvalue weighted by atomic mass is 10.2. The lowest BCUT2D eigenvalue weighted by Gasteiger charge is -2.17. The topological polar surface area (TPSA) is 74.5 Å². The van der Waals surface area contributed by atoms with Crippen LogP contribution in [-0.4, -0.2) is 28.3 Å². The molecule has 0 radical (unpaired) electrons. The number of hydrogen-bond donors (Lipinski definition) is 1. The van der Waals surface area contributed by atoms with E-state index in [1.165, 1.54) is 0 Å². The molecule has 0 unspecified atom stereocenters. The maximum Gasteiger partial charge on any atom is 0.328 e. The fraction of sp³-hybridized carbons (Fsp3) is 0.300. The summed E-state index contributed by atoms with van der Waals surface area (Å²) in [5.74, 6) is 1.08. The number of ether oxygens (including phenoxy) is 2. The molecular weight excluding hydrogens is 346 g/mol. The second-order valence-corrected chi connectivity index (χ2v) is 6.28. The molecule has 0 aliphatic heterocycles. The van der Waals surface area contributed by atoms with Gasteiger partial charge in [0.15, 0.2) is 6.10 Å². The Balaban J connectivity index is 1.77. The molecule has 0 aliphatic carbocycles. The van der Waals surface area contributed by atoms with Crippen LogP contribution in [0.4, 0.5) is 5.69 Å². The summed E-state index contributed by atoms with van der Waals surface area (Å²) in [6, 6.07) is 12.5. The van der Waals surface area contributed by atoms with Crippen molar-refractivity contribution in [2.24, 2.45) is 14.1 Å². The van der Waals surface area contributed by atoms with Crippen molar-refractivity contribution in [3.63, 3.8) is 0 Å². The van der Waals surface area contributed by atoms with Crippen LogP contribution in [0.2, 0.25) is 0 Å². The Hall–Kier alpha value is -3.22. The molecule has 7 heteroatoms. The molecule has 1 heterocycles. The fourth-order valence-electron chi connectivity index (χ4n) is 2.95. The minimum Gasteiger partial charge on any atom is -0.497 e. The average molecular weight is 369 g/mol. The number of hydrogen-bond acceptors (Lipinski definition) is 4. The third-order valence-corrected chi connectivity index (χ3v) is 4.54. The third kappa shape index (κ3) is 3.67. The van der Waals surface area contributed by atoms with Crippen LogP contribution in [0.3, 0.4) is 0 Å². The van der Waals surface area contributed by atoms with Crippen LogP contribution in [0.5, 0.6) is 11.5 Å². The Bertz CT molecular complexity index is 1020. The van der Waals surface area contributed by atoms with Crippen molar-refractivity contribution in [1.82, 2.24) is 9.13 Å². The summed E-state index contributed by atoms with van der Waals surface area (Å²) in [6.45, 7) is 1.89. The van der Waals surface area contributed by atoms with Gasteiger partial charge in [-0.15, -0.1) is 0 Å². The molecule has 3 aromatic rings. The molecule has 3 rings (SSSR count). The van der Waals surface area contributed by atoms with Crippen molar-refractivity contribution in [1.29, 1.82) is 0 Å². The van der Waals surface area contributed by atoms with Gasteiger partial charge in [0.2, 0.25) is 0 Å². The van der Waals surface area contributed by atoms with Gasteiger partial charge in [-0.3, -0.25) is 13.9 Å². The Morgan fingerprint density at radius 1 is 1.04 bits per heavy atom. The summed E-state index contributed by atoms with van der Waals surface area (Å²) in [5, 5.41) is 2.87. The number of carbonyl (C=O) groups excluding carboxylic acids is 1. The quantitative estimate of drug-likeness (QED) is 0.725. The molecule has 0 fully saturated rings. The van der Waals surface area contributed by atoms with E-state index < -0.39 is 6.10 Å². The van der Waals surface area contributed by atoms with Gasteiger partial charge in [0.25, 0.3) is 5.91 Å². The highest BCUT2D eigenvalue weighted by Gasteiger charge is 2.19. The van der Waals surface area contributed by atoms with E-state index in [0.29, 0.717) is 17.9 Å². The number of methoxy groups -OCH3 is 1. The van der Waals surface area contributed by atoms with Gasteiger partial charge in [0.05, 0.1) is 18.1 Å². The van der Waals surface area contributed by atoms with E-state index in [1.807, 2.05) is 13.0 Å². The van der Waals surface area contributed by atoms with Crippen LogP contribution < -0.4 is 20.5 Å². The lowest BCUT2D eigenvalue weighted by molar-refractivity contribution is -0.122. The Morgan fingerprint density at radius 3 is 2.30 bits per heavy atom. The zero-order valence-electron chi connectivity index (χ0n) is 15.9. The monoisotopic (exact) mass is 369 g/mol. The molecule has 1 aromatic heterocycles. The summed E-state index contributed by atoms with van der Waals surface area (Å²) >= 11 is 0. The second kappa shape index (κ2) is 7.57. The maximum atomic E-state index is 12.6. The van der Waals surface area contributed by atoms with Crippen LogP contribution >= 0.6 is 0 Å². The number of aromatic nitrogens is 2. The van der Waals surface area contributed by atoms with Gasteiger partial charge in [-0.1, -0.05) is 6.92 Å². The normalized spacial score (nSPS) is 12.0. The Morgan fingerprint density at radius 2 is 1.67 bits per heavy atom. The predicted molar refractivity (Wildman–Crippen MR) is 104 cm³/mol. The lowest BCUT2D eigenvalue weighted by Crippen LogP contribution is -2.32. The first-order valence-electron chi connectivity index (χ1n) is 8.71. The van der Waals surface area contributed by atoms with Gasteiger partial charge >= 0.3 is 5.69 Å². The molecule has 0 spiro atoms. The first-order valence-corrected chi connectivity index (χ1v) is 8.71. The molecule has 2 aromatic carbocycles. The molecule has 7 nitrogen and oxygen atoms in total. The zero-order chi connectivity index (χ0) is 19.6. The van der Waals surface area contributed by atoms with Gasteiger partial charge in [-0.25, -0.2) is 4.79 Å². The highest BCUT2D eigenvalue weighted by atomic mass is 16.5. The van der Waals surface area contributed by atoms with E-state index in [9.17, 15) is 9.59 Å². The molecule has 0 aliphatic rings. The summed E-state index contributed by atoms with van der Waals surface area (Å²) in [7, 11) is 5.02. The zero-order valence-corrected chi connectivity index (χ0v) is 15.9. The number of imidazole rings is 1. The van der Waals surface area contributed by atoms with Gasteiger partial charge in [0.1, 0.15) is 11.5 Å². The van der Waals surface area contributed by atoms with Crippen molar-refractivity contribution in [2.45, 2.75) is 19.4 Å². The highest BCUT2D eigenvalue weighted by Crippen LogP contribution is 2.21. The van der Waals surface area contributed by atoms with Gasteiger partial charge < -0.3 is 14.8 Å². The number of carbonyl (C=O) groups is 1. The molecule has 0 saturated heterocycles. The van der Waals surface area contributed by atoms with E-state index in [0.717, 1.165) is 16.8 Å². The van der Waals surface area contributed by atoms with E-state index >= 15 is 0 Å². The first-order chi connectivity index (χ1) is 12.9. The van der Waals surface area contributed by atoms with Crippen LogP contribution in [0.25, 0.3) is 11.0 Å². The fourth-order valence-corrected chi connectivity index (χ4v) is 2.95. The number of fused-ring (bicyclic) bond motifs is 1. The standard InChI is InChI=1S/C20H23N3O4/c1-5-18(27-15-9-7-14(26-4)8-10-15)19(24)21-13-6-11-16-17(12-13)23(3)20(25)22(16)2/h6-12,18H,5H2,1-4H3,(H,21,24)/t18-/m1/s1. The van der Waals surface area contributed by atoms with E-state index in [-0.39, 0.29) is 11.6 Å². The molecule has 0 bridgehead atoms. The third-order valence-electron chi connectivity index (χ3n) is 4.54. The largest absolute Gasteiger partial charge is 0.497 e. The molecule has 1 amide bonds. The minimum absolute atomic E-state index is 0.109. The second-order valence-electron chi connectivity index (χ2n) is 6.28. The van der Waals surface area contributed by atoms with Gasteiger partial charge in [-0.05, 0) is 48.9 Å². The first kappa shape index (κ1) is 18.6. The SMILES string of the molecule is CC[C@@H](Oc1ccc(OC)cc1)C(=O)Nc1ccc2c(c1)n(C)c(=O)n2C. The number of benzene rings is 2. The minimum atomic E-state index is -0.631. The summed E-state index contributed by atoms with van der Waals surface area (Å²) in [5.41, 5.74) is 2.07. The van der Waals surface area contributed by atoms with E-state index in [4.69, 9.17) is 9.47 Å². The van der Waals surface area contributed by atoms with Crippen LogP contribution in [-0.2, 0) is 18.9 Å². The molecule has 142 valence electrons. The summed E-state index contributed by atoms with van der Waals surface area (Å²) < 4.78 is 14.0. The smallest absolute Gasteiger partial charge is 0.328 e. The van der Waals surface area contributed by atoms with Crippen molar-refractivity contribution in [2.75, 3.05) is 12.4 Å². The Labute approximate surface area is 157 Å². The number of nitrogens with one attached hydrogen (secondary N) is 1. The molecule has 1 N–H and O–H groups in total. The molecule has 1 atom stereocenters. The number of aryl methyl sites for hydroxylation is 2. The number of amides is 1. The van der Waals surface area contributed by atoms with Crippen LogP contribution in [0.15, 0.2) is 47.3 Å². The van der Waals surface area contributed by atoms with Crippen LogP contribution in [0, 0.1) is 0 Å². The maximum absolute atomic E-state index is 12.6. The number of nitrogens with zero attached hydrogens (tertiary/aromatic N) is 2. The highest BCUT2D eigenvalue weighted by molar-refractivity contribution is 5.96. The van der Waals surface area contributed by atoms with Crippen LogP contribution in [0.1, 0.15) is 13.3 Å². The van der Waals surface area contributed by atoms with Crippen molar-refractivity contribution < 1.29 is 14.3 Å². The average Bonchev–Trinajstić information content (AvgIpc) is 2.90. The van der Waals surface area contributed by atoms with E-state index in [2.05, 4.69) is 5.32 Å². The molecule has 0 saturated carbocycles. The van der Waals surface area contributed by atoms with Gasteiger partial charge in [-0.2, -0.15) is 0 Å². The summed E-state index contributed by atoms with van der Waals surface area (Å²) in [4.78, 5) is 24.7. The number of anilines is 1. The number of rotatable bonds is 6. The van der Waals surface area contributed by atoms with Crippen molar-refractivity contribution in [3.8, 4) is 11.5 Å². The van der Waals surface area contributed by atoms with Gasteiger partial charge in [0, 0.05) is 19.8 Å². The van der Waals surface area contributed by atoms with Crippen molar-refractivity contribution >= 4 is 22.6 Å². The van der Waals surface area contributed by atoms with Crippen molar-refractivity contribution in [3.05, 3.63) is 52.9 Å². The summed E-state index contributed by atoms with van der Waals surface area (Å²) in [6.07, 6.45) is -0.113. The molecule has 27 heavy (non-hydrogen) atoms. The predicted octanol–water partition coefficient (Wildman–Crippen LogP) is 2.68. The Kier molecular flexibility index (Phi) is 5.21. The molecular formula is C20H23N3O4.